The van der Waals surface area contributed by atoms with Crippen molar-refractivity contribution >= 4 is 29.7 Å². The number of nitrogens with two attached hydrogens (primary N) is 2. The fourth-order valence-corrected chi connectivity index (χ4v) is 3.50. The van der Waals surface area contributed by atoms with Crippen LogP contribution in [0.3, 0.4) is 0 Å². The third kappa shape index (κ3) is 19.1. The molecule has 2 amide bonds. The van der Waals surface area contributed by atoms with Crippen LogP contribution in [0.15, 0.2) is 0 Å². The summed E-state index contributed by atoms with van der Waals surface area (Å²) in [5.74, 6) is -5.04. The van der Waals surface area contributed by atoms with Crippen LogP contribution in [0.5, 0.6) is 0 Å². The third-order valence-electron chi connectivity index (χ3n) is 5.72. The molecule has 0 aromatic rings. The van der Waals surface area contributed by atoms with E-state index in [1.165, 1.54) is 44.9 Å². The Labute approximate surface area is 218 Å². The van der Waals surface area contributed by atoms with Gasteiger partial charge in [-0.2, -0.15) is 0 Å². The fraction of sp³-hybridized carbons (Fsp3) is 0.800. The molecule has 0 saturated heterocycles. The van der Waals surface area contributed by atoms with E-state index in [2.05, 4.69) is 12.2 Å². The summed E-state index contributed by atoms with van der Waals surface area (Å²) in [7, 11) is 0. The van der Waals surface area contributed by atoms with Crippen molar-refractivity contribution in [3.63, 3.8) is 0 Å². The van der Waals surface area contributed by atoms with Crippen LogP contribution in [0.2, 0.25) is 0 Å². The van der Waals surface area contributed by atoms with Crippen molar-refractivity contribution in [2.75, 3.05) is 13.2 Å². The molecule has 214 valence electrons. The van der Waals surface area contributed by atoms with Crippen molar-refractivity contribution < 1.29 is 43.7 Å². The quantitative estimate of drug-likeness (QED) is 0.0901. The summed E-state index contributed by atoms with van der Waals surface area (Å²) in [6.45, 7) is 1.07. The number of esters is 1. The van der Waals surface area contributed by atoms with E-state index in [0.717, 1.165) is 19.3 Å². The third-order valence-corrected chi connectivity index (χ3v) is 5.72. The monoisotopic (exact) mass is 531 g/mol. The molecule has 0 heterocycles. The minimum atomic E-state index is -1.76. The second-order valence-corrected chi connectivity index (χ2v) is 9.16. The van der Waals surface area contributed by atoms with E-state index in [-0.39, 0.29) is 19.3 Å². The van der Waals surface area contributed by atoms with Crippen molar-refractivity contribution in [2.24, 2.45) is 11.5 Å². The van der Waals surface area contributed by atoms with Crippen molar-refractivity contribution in [3.8, 4) is 0 Å². The maximum Gasteiger partial charge on any atom is 0.347 e. The molecule has 0 aromatic heterocycles. The maximum absolute atomic E-state index is 12.5. The highest BCUT2D eigenvalue weighted by Gasteiger charge is 2.29. The van der Waals surface area contributed by atoms with Crippen LogP contribution >= 0.6 is 0 Å². The maximum atomic E-state index is 12.5. The minimum Gasteiger partial charge on any atom is -0.480 e. The molecule has 0 spiro atoms. The van der Waals surface area contributed by atoms with Crippen molar-refractivity contribution in [2.45, 2.75) is 115 Å². The molecule has 0 saturated carbocycles. The average Bonchev–Trinajstić information content (AvgIpc) is 2.83. The van der Waals surface area contributed by atoms with Crippen LogP contribution in [0.4, 0.5) is 0 Å². The Kier molecular flexibility index (Phi) is 19.8. The number of carboxylic acids is 2. The first-order valence-corrected chi connectivity index (χ1v) is 13.2. The van der Waals surface area contributed by atoms with Crippen LogP contribution in [0.1, 0.15) is 96.8 Å². The second-order valence-electron chi connectivity index (χ2n) is 9.16. The number of carboxylic acid groups (broad SMARTS) is 2. The number of carbonyl (C=O) groups excluding carboxylic acids is 3. The largest absolute Gasteiger partial charge is 0.480 e. The number of carbonyl (C=O) groups is 5. The fourth-order valence-electron chi connectivity index (χ4n) is 3.50. The van der Waals surface area contributed by atoms with Gasteiger partial charge in [-0.3, -0.25) is 14.4 Å². The standard InChI is InChI=1S/C25H45N3O9/c1-2-3-4-5-6-7-8-9-10-11-12-13-22(30)28-19(14-15-21(27)29)25(35)37-20(24(33)34)17-36-16-18(26)23(31)32/h18-20H,2-17,26H2,1H3,(H2,27,29)(H,28,30)(H,31,32)(H,33,34)/t18-,19-,20+/m1/s1. The molecule has 0 aromatic carbocycles. The van der Waals surface area contributed by atoms with Gasteiger partial charge in [0.1, 0.15) is 12.1 Å². The van der Waals surface area contributed by atoms with Gasteiger partial charge in [-0.15, -0.1) is 0 Å². The highest BCUT2D eigenvalue weighted by molar-refractivity contribution is 5.86. The lowest BCUT2D eigenvalue weighted by molar-refractivity contribution is -0.170. The molecule has 0 rings (SSSR count). The van der Waals surface area contributed by atoms with Crippen molar-refractivity contribution in [1.29, 1.82) is 0 Å². The molecular weight excluding hydrogens is 486 g/mol. The first kappa shape index (κ1) is 34.3. The molecule has 0 fully saturated rings. The summed E-state index contributed by atoms with van der Waals surface area (Å²) in [5, 5.41) is 20.5. The van der Waals surface area contributed by atoms with Gasteiger partial charge in [-0.1, -0.05) is 71.1 Å². The molecule has 3 atom stereocenters. The Hall–Kier alpha value is -2.73. The summed E-state index contributed by atoms with van der Waals surface area (Å²) in [6.07, 6.45) is 10.4. The lowest BCUT2D eigenvalue weighted by atomic mass is 10.0. The van der Waals surface area contributed by atoms with Gasteiger partial charge in [0.2, 0.25) is 17.9 Å². The lowest BCUT2D eigenvalue weighted by Crippen LogP contribution is -2.45. The smallest absolute Gasteiger partial charge is 0.347 e. The van der Waals surface area contributed by atoms with Gasteiger partial charge in [0.15, 0.2) is 0 Å². The topological polar surface area (TPSA) is 208 Å². The lowest BCUT2D eigenvalue weighted by Gasteiger charge is -2.20. The van der Waals surface area contributed by atoms with Crippen LogP contribution in [0, 0.1) is 0 Å². The number of amides is 2. The summed E-state index contributed by atoms with van der Waals surface area (Å²) in [6, 6.07) is -2.64. The van der Waals surface area contributed by atoms with Crippen molar-refractivity contribution in [1.82, 2.24) is 5.32 Å². The summed E-state index contributed by atoms with van der Waals surface area (Å²) >= 11 is 0. The van der Waals surface area contributed by atoms with Gasteiger partial charge >= 0.3 is 17.9 Å². The molecule has 12 heteroatoms. The van der Waals surface area contributed by atoms with E-state index < -0.39 is 61.1 Å². The van der Waals surface area contributed by atoms with Crippen LogP contribution in [0.25, 0.3) is 0 Å². The zero-order chi connectivity index (χ0) is 28.1. The molecule has 0 aliphatic heterocycles. The molecular formula is C25H45N3O9. The average molecular weight is 532 g/mol. The molecule has 12 nitrogen and oxygen atoms in total. The number of ether oxygens (including phenoxy) is 2. The molecule has 0 radical (unpaired) electrons. The molecule has 0 aliphatic rings. The zero-order valence-electron chi connectivity index (χ0n) is 22.0. The SMILES string of the molecule is CCCCCCCCCCCCCC(=O)N[C@H](CCC(N)=O)C(=O)O[C@@H](COC[C@@H](N)C(=O)O)C(=O)O. The van der Waals surface area contributed by atoms with Crippen LogP contribution in [-0.2, 0) is 33.4 Å². The predicted molar refractivity (Wildman–Crippen MR) is 135 cm³/mol. The predicted octanol–water partition coefficient (Wildman–Crippen LogP) is 1.86. The highest BCUT2D eigenvalue weighted by atomic mass is 16.6. The zero-order valence-corrected chi connectivity index (χ0v) is 22.0. The summed E-state index contributed by atoms with van der Waals surface area (Å²) in [5.41, 5.74) is 10.4. The normalized spacial score (nSPS) is 13.4. The molecule has 7 N–H and O–H groups in total. The highest BCUT2D eigenvalue weighted by Crippen LogP contribution is 2.12. The van der Waals surface area contributed by atoms with E-state index in [1.54, 1.807) is 0 Å². The van der Waals surface area contributed by atoms with Crippen molar-refractivity contribution in [3.05, 3.63) is 0 Å². The summed E-state index contributed by atoms with van der Waals surface area (Å²) < 4.78 is 9.88. The number of rotatable bonds is 24. The number of aliphatic carboxylic acids is 2. The Morgan fingerprint density at radius 1 is 0.784 bits per heavy atom. The van der Waals surface area contributed by atoms with Gasteiger partial charge < -0.3 is 36.5 Å². The first-order chi connectivity index (χ1) is 17.6. The summed E-state index contributed by atoms with van der Waals surface area (Å²) in [4.78, 5) is 58.2. The first-order valence-electron chi connectivity index (χ1n) is 13.2. The minimum absolute atomic E-state index is 0.157. The number of nitrogens with one attached hydrogen (secondary N) is 1. The number of hydrogen-bond donors (Lipinski definition) is 5. The molecule has 37 heavy (non-hydrogen) atoms. The van der Waals surface area contributed by atoms with Gasteiger partial charge in [-0.05, 0) is 12.8 Å². The number of unbranched alkanes of at least 4 members (excludes halogenated alkanes) is 10. The van der Waals surface area contributed by atoms with E-state index in [1.807, 2.05) is 0 Å². The molecule has 0 bridgehead atoms. The van der Waals surface area contributed by atoms with E-state index >= 15 is 0 Å². The Bertz CT molecular complexity index is 703. The second kappa shape index (κ2) is 21.4. The van der Waals surface area contributed by atoms with Crippen LogP contribution in [-0.4, -0.2) is 71.3 Å². The molecule has 0 unspecified atom stereocenters. The van der Waals surface area contributed by atoms with E-state index in [9.17, 15) is 29.1 Å². The number of primary amides is 1. The van der Waals surface area contributed by atoms with Gasteiger partial charge in [0, 0.05) is 12.8 Å². The Morgan fingerprint density at radius 2 is 1.32 bits per heavy atom. The van der Waals surface area contributed by atoms with Gasteiger partial charge in [-0.25, -0.2) is 9.59 Å². The van der Waals surface area contributed by atoms with Gasteiger partial charge in [0.25, 0.3) is 0 Å². The van der Waals surface area contributed by atoms with Crippen LogP contribution < -0.4 is 16.8 Å². The number of hydrogen-bond acceptors (Lipinski definition) is 8. The van der Waals surface area contributed by atoms with Gasteiger partial charge in [0.05, 0.1) is 13.2 Å². The Morgan fingerprint density at radius 3 is 1.81 bits per heavy atom. The van der Waals surface area contributed by atoms with E-state index in [4.69, 9.17) is 26.0 Å². The molecule has 0 aliphatic carbocycles. The van der Waals surface area contributed by atoms with E-state index in [0.29, 0.717) is 6.42 Å². The Balaban J connectivity index is 4.50.